The van der Waals surface area contributed by atoms with E-state index in [0.29, 0.717) is 28.1 Å². The molecular formula is C18H26BrN3O5. The number of benzene rings is 1. The Morgan fingerprint density at radius 1 is 1.26 bits per heavy atom. The molecule has 0 heterocycles. The zero-order valence-corrected chi connectivity index (χ0v) is 18.0. The Kier molecular flexibility index (Phi) is 8.55. The van der Waals surface area contributed by atoms with Gasteiger partial charge in [-0.25, -0.2) is 10.2 Å². The molecule has 1 aromatic carbocycles. The number of carbonyl (C=O) groups is 2. The molecule has 0 radical (unpaired) electrons. The monoisotopic (exact) mass is 443 g/mol. The van der Waals surface area contributed by atoms with Crippen molar-refractivity contribution in [2.75, 3.05) is 27.3 Å². The topological polar surface area (TPSA) is 89.5 Å². The van der Waals surface area contributed by atoms with Crippen LogP contribution in [-0.4, -0.2) is 56.0 Å². The molecule has 0 saturated heterocycles. The van der Waals surface area contributed by atoms with Gasteiger partial charge >= 0.3 is 6.09 Å². The number of likely N-dealkylation sites (N-methyl/N-ethyl adjacent to an activating group) is 1. The Morgan fingerprint density at radius 3 is 2.48 bits per heavy atom. The fourth-order valence-corrected chi connectivity index (χ4v) is 2.36. The van der Waals surface area contributed by atoms with E-state index in [1.54, 1.807) is 47.0 Å². The first-order valence-electron chi connectivity index (χ1n) is 8.34. The number of nitrogens with one attached hydrogen (secondary N) is 1. The first-order chi connectivity index (χ1) is 12.5. The molecule has 9 heteroatoms. The quantitative estimate of drug-likeness (QED) is 0.516. The molecule has 0 bridgehead atoms. The Hall–Kier alpha value is -2.29. The predicted octanol–water partition coefficient (Wildman–Crippen LogP) is 3.17. The van der Waals surface area contributed by atoms with E-state index in [9.17, 15) is 9.59 Å². The molecule has 1 N–H and O–H groups in total. The van der Waals surface area contributed by atoms with Crippen LogP contribution in [0.25, 0.3) is 0 Å². The van der Waals surface area contributed by atoms with Gasteiger partial charge in [0.25, 0.3) is 5.91 Å². The van der Waals surface area contributed by atoms with Gasteiger partial charge in [-0.05, 0) is 61.3 Å². The van der Waals surface area contributed by atoms with Crippen LogP contribution in [0.4, 0.5) is 4.79 Å². The second kappa shape index (κ2) is 10.1. The summed E-state index contributed by atoms with van der Waals surface area (Å²) >= 11 is 3.41. The van der Waals surface area contributed by atoms with E-state index in [4.69, 9.17) is 14.2 Å². The van der Waals surface area contributed by atoms with Crippen LogP contribution in [0.3, 0.4) is 0 Å². The lowest BCUT2D eigenvalue weighted by molar-refractivity contribution is -0.130. The first kappa shape index (κ1) is 22.8. The summed E-state index contributed by atoms with van der Waals surface area (Å²) in [4.78, 5) is 24.8. The van der Waals surface area contributed by atoms with Gasteiger partial charge in [0.15, 0.2) is 18.1 Å². The van der Waals surface area contributed by atoms with Crippen molar-refractivity contribution in [2.45, 2.75) is 33.3 Å². The van der Waals surface area contributed by atoms with Crippen molar-refractivity contribution in [3.05, 3.63) is 22.2 Å². The van der Waals surface area contributed by atoms with E-state index >= 15 is 0 Å². The minimum Gasteiger partial charge on any atom is -0.490 e. The molecule has 8 nitrogen and oxygen atoms in total. The molecule has 0 atom stereocenters. The van der Waals surface area contributed by atoms with Crippen molar-refractivity contribution >= 4 is 34.1 Å². The van der Waals surface area contributed by atoms with Crippen LogP contribution in [0.2, 0.25) is 0 Å². The van der Waals surface area contributed by atoms with Crippen molar-refractivity contribution in [2.24, 2.45) is 5.10 Å². The normalized spacial score (nSPS) is 11.2. The number of carbonyl (C=O) groups excluding carboxylic acids is 2. The predicted molar refractivity (Wildman–Crippen MR) is 106 cm³/mol. The van der Waals surface area contributed by atoms with Crippen LogP contribution in [0.5, 0.6) is 11.5 Å². The van der Waals surface area contributed by atoms with Gasteiger partial charge < -0.3 is 19.1 Å². The number of hydrogen-bond acceptors (Lipinski definition) is 6. The molecule has 0 aromatic heterocycles. The molecule has 1 aromatic rings. The summed E-state index contributed by atoms with van der Waals surface area (Å²) in [6.07, 6.45) is 0.802. The summed E-state index contributed by atoms with van der Waals surface area (Å²) in [7, 11) is 3.31. The highest BCUT2D eigenvalue weighted by atomic mass is 79.9. The highest BCUT2D eigenvalue weighted by Gasteiger charge is 2.16. The molecule has 0 saturated carbocycles. The van der Waals surface area contributed by atoms with Gasteiger partial charge in [-0.2, -0.15) is 5.10 Å². The lowest BCUT2D eigenvalue weighted by Gasteiger charge is -2.18. The van der Waals surface area contributed by atoms with Crippen LogP contribution in [-0.2, 0) is 9.53 Å². The van der Waals surface area contributed by atoms with Crippen molar-refractivity contribution in [1.82, 2.24) is 10.3 Å². The SMILES string of the molecule is CCOc1cc(C=NNC(=O)OC(C)(C)C)cc(Br)c1OCC(=O)N(C)C. The molecule has 0 spiro atoms. The van der Waals surface area contributed by atoms with E-state index in [1.807, 2.05) is 6.92 Å². The first-order valence-corrected chi connectivity index (χ1v) is 9.14. The van der Waals surface area contributed by atoms with Crippen LogP contribution in [0.15, 0.2) is 21.7 Å². The maximum Gasteiger partial charge on any atom is 0.428 e. The van der Waals surface area contributed by atoms with Crippen molar-refractivity contribution in [3.8, 4) is 11.5 Å². The molecule has 0 unspecified atom stereocenters. The molecule has 0 aliphatic carbocycles. The third-order valence-electron chi connectivity index (χ3n) is 2.94. The number of hydrazone groups is 1. The lowest BCUT2D eigenvalue weighted by atomic mass is 10.2. The number of hydrogen-bond donors (Lipinski definition) is 1. The molecule has 150 valence electrons. The summed E-state index contributed by atoms with van der Waals surface area (Å²) in [5.41, 5.74) is 2.35. The highest BCUT2D eigenvalue weighted by molar-refractivity contribution is 9.10. The summed E-state index contributed by atoms with van der Waals surface area (Å²) in [5, 5.41) is 3.87. The van der Waals surface area contributed by atoms with Crippen LogP contribution in [0.1, 0.15) is 33.3 Å². The van der Waals surface area contributed by atoms with Gasteiger partial charge in [-0.1, -0.05) is 0 Å². The summed E-state index contributed by atoms with van der Waals surface area (Å²) < 4.78 is 16.9. The average molecular weight is 444 g/mol. The zero-order chi connectivity index (χ0) is 20.6. The van der Waals surface area contributed by atoms with Gasteiger partial charge in [0.1, 0.15) is 5.60 Å². The van der Waals surface area contributed by atoms with E-state index < -0.39 is 11.7 Å². The van der Waals surface area contributed by atoms with E-state index in [1.165, 1.54) is 11.1 Å². The standard InChI is InChI=1S/C18H26BrN3O5/c1-7-25-14-9-12(10-20-21-17(24)27-18(2,3)4)8-13(19)16(14)26-11-15(23)22(5)6/h8-10H,7,11H2,1-6H3,(H,21,24). The Morgan fingerprint density at radius 2 is 1.93 bits per heavy atom. The smallest absolute Gasteiger partial charge is 0.428 e. The zero-order valence-electron chi connectivity index (χ0n) is 16.5. The fourth-order valence-electron chi connectivity index (χ4n) is 1.79. The second-order valence-electron chi connectivity index (χ2n) is 6.71. The number of ether oxygens (including phenoxy) is 3. The number of nitrogens with zero attached hydrogens (tertiary/aromatic N) is 2. The third kappa shape index (κ3) is 8.29. The lowest BCUT2D eigenvalue weighted by Crippen LogP contribution is -2.29. The minimum atomic E-state index is -0.648. The Labute approximate surface area is 168 Å². The van der Waals surface area contributed by atoms with Gasteiger partial charge in [0.2, 0.25) is 0 Å². The van der Waals surface area contributed by atoms with Crippen molar-refractivity contribution in [1.29, 1.82) is 0 Å². The molecule has 0 aliphatic rings. The van der Waals surface area contributed by atoms with Crippen LogP contribution in [0, 0.1) is 0 Å². The van der Waals surface area contributed by atoms with Gasteiger partial charge in [-0.3, -0.25) is 4.79 Å². The van der Waals surface area contributed by atoms with Crippen LogP contribution >= 0.6 is 15.9 Å². The molecule has 1 rings (SSSR count). The minimum absolute atomic E-state index is 0.112. The van der Waals surface area contributed by atoms with Crippen LogP contribution < -0.4 is 14.9 Å². The fraction of sp³-hybridized carbons (Fsp3) is 0.500. The van der Waals surface area contributed by atoms with E-state index in [2.05, 4.69) is 26.5 Å². The molecular weight excluding hydrogens is 418 g/mol. The maximum atomic E-state index is 11.7. The molecule has 2 amide bonds. The Bertz CT molecular complexity index is 699. The molecule has 0 aliphatic heterocycles. The Balaban J connectivity index is 2.90. The maximum absolute atomic E-state index is 11.7. The average Bonchev–Trinajstić information content (AvgIpc) is 2.52. The van der Waals surface area contributed by atoms with Crippen molar-refractivity contribution < 1.29 is 23.8 Å². The number of rotatable bonds is 7. The van der Waals surface area contributed by atoms with E-state index in [0.717, 1.165) is 0 Å². The van der Waals surface area contributed by atoms with E-state index in [-0.39, 0.29) is 12.5 Å². The van der Waals surface area contributed by atoms with Gasteiger partial charge in [0.05, 0.1) is 17.3 Å². The number of amides is 2. The van der Waals surface area contributed by atoms with Crippen molar-refractivity contribution in [3.63, 3.8) is 0 Å². The largest absolute Gasteiger partial charge is 0.490 e. The molecule has 27 heavy (non-hydrogen) atoms. The van der Waals surface area contributed by atoms with Gasteiger partial charge in [-0.15, -0.1) is 0 Å². The summed E-state index contributed by atoms with van der Waals surface area (Å²) in [5.74, 6) is 0.706. The third-order valence-corrected chi connectivity index (χ3v) is 3.53. The summed E-state index contributed by atoms with van der Waals surface area (Å²) in [6.45, 7) is 7.44. The summed E-state index contributed by atoms with van der Waals surface area (Å²) in [6, 6.07) is 3.43. The number of halogens is 1. The van der Waals surface area contributed by atoms with Gasteiger partial charge in [0, 0.05) is 14.1 Å². The molecule has 0 fully saturated rings. The second-order valence-corrected chi connectivity index (χ2v) is 7.57. The highest BCUT2D eigenvalue weighted by Crippen LogP contribution is 2.36.